The van der Waals surface area contributed by atoms with Crippen LogP contribution < -0.4 is 16.0 Å². The molecule has 3 N–H and O–H groups in total. The van der Waals surface area contributed by atoms with Crippen molar-refractivity contribution in [1.82, 2.24) is 10.6 Å². The Labute approximate surface area is 193 Å². The number of alkyl halides is 3. The highest BCUT2D eigenvalue weighted by molar-refractivity contribution is 7.80. The van der Waals surface area contributed by atoms with Gasteiger partial charge < -0.3 is 16.0 Å². The summed E-state index contributed by atoms with van der Waals surface area (Å²) in [5.74, 6) is -0.556. The number of anilines is 1. The number of amides is 1. The largest absolute Gasteiger partial charge is 0.339 e. The van der Waals surface area contributed by atoms with Gasteiger partial charge in [0.15, 0.2) is 5.11 Å². The van der Waals surface area contributed by atoms with E-state index in [2.05, 4.69) is 16.0 Å². The number of benzene rings is 2. The molecular formula is C18H16Cl5N3OS. The van der Waals surface area contributed by atoms with Crippen LogP contribution >= 0.6 is 70.2 Å². The van der Waals surface area contributed by atoms with E-state index in [0.717, 1.165) is 16.8 Å². The molecule has 150 valence electrons. The molecule has 0 heterocycles. The van der Waals surface area contributed by atoms with Crippen molar-refractivity contribution in [3.63, 3.8) is 0 Å². The highest BCUT2D eigenvalue weighted by atomic mass is 35.6. The second-order valence-electron chi connectivity index (χ2n) is 5.99. The molecule has 4 nitrogen and oxygen atoms in total. The fraction of sp³-hybridized carbons (Fsp3) is 0.222. The van der Waals surface area contributed by atoms with Gasteiger partial charge >= 0.3 is 0 Å². The molecule has 28 heavy (non-hydrogen) atoms. The first-order valence-electron chi connectivity index (χ1n) is 7.95. The zero-order chi connectivity index (χ0) is 21.1. The minimum Gasteiger partial charge on any atom is -0.339 e. The zero-order valence-electron chi connectivity index (χ0n) is 14.7. The van der Waals surface area contributed by atoms with E-state index in [1.807, 2.05) is 32.0 Å². The molecule has 2 aromatic carbocycles. The maximum Gasteiger partial charge on any atom is 0.254 e. The number of carbonyl (C=O) groups is 1. The molecule has 10 heteroatoms. The number of halogens is 5. The smallest absolute Gasteiger partial charge is 0.254 e. The fourth-order valence-electron chi connectivity index (χ4n) is 2.33. The first-order valence-corrected chi connectivity index (χ1v) is 10.2. The van der Waals surface area contributed by atoms with Gasteiger partial charge in [0.2, 0.25) is 3.79 Å². The molecule has 0 aliphatic rings. The maximum absolute atomic E-state index is 12.5. The number of carbonyl (C=O) groups excluding carboxylic acids is 1. The Morgan fingerprint density at radius 3 is 2.29 bits per heavy atom. The molecule has 2 rings (SSSR count). The molecule has 0 aliphatic carbocycles. The highest BCUT2D eigenvalue weighted by Gasteiger charge is 2.35. The van der Waals surface area contributed by atoms with Crippen LogP contribution in [0.5, 0.6) is 0 Å². The average Bonchev–Trinajstić information content (AvgIpc) is 2.55. The second kappa shape index (κ2) is 9.70. The van der Waals surface area contributed by atoms with Crippen molar-refractivity contribution in [2.75, 3.05) is 5.32 Å². The van der Waals surface area contributed by atoms with Gasteiger partial charge in [-0.3, -0.25) is 4.79 Å². The molecule has 1 atom stereocenters. The first-order chi connectivity index (χ1) is 13.0. The van der Waals surface area contributed by atoms with Crippen LogP contribution in [-0.2, 0) is 0 Å². The van der Waals surface area contributed by atoms with Crippen LogP contribution in [0.1, 0.15) is 21.5 Å². The summed E-state index contributed by atoms with van der Waals surface area (Å²) in [4.78, 5) is 12.5. The summed E-state index contributed by atoms with van der Waals surface area (Å²) in [5.41, 5.74) is 3.08. The van der Waals surface area contributed by atoms with E-state index in [0.29, 0.717) is 5.02 Å². The van der Waals surface area contributed by atoms with Crippen molar-refractivity contribution < 1.29 is 4.79 Å². The van der Waals surface area contributed by atoms with Gasteiger partial charge in [0.1, 0.15) is 6.17 Å². The fourth-order valence-corrected chi connectivity index (χ4v) is 3.38. The van der Waals surface area contributed by atoms with Crippen LogP contribution in [0, 0.1) is 13.8 Å². The zero-order valence-corrected chi connectivity index (χ0v) is 19.3. The van der Waals surface area contributed by atoms with Crippen LogP contribution in [0.3, 0.4) is 0 Å². The Morgan fingerprint density at radius 2 is 1.71 bits per heavy atom. The minimum atomic E-state index is -1.89. The molecule has 1 unspecified atom stereocenters. The van der Waals surface area contributed by atoms with Crippen LogP contribution in [-0.4, -0.2) is 21.0 Å². The van der Waals surface area contributed by atoms with E-state index in [4.69, 9.17) is 70.2 Å². The Bertz CT molecular complexity index is 901. The van der Waals surface area contributed by atoms with Gasteiger partial charge in [-0.25, -0.2) is 0 Å². The van der Waals surface area contributed by atoms with E-state index < -0.39 is 15.9 Å². The van der Waals surface area contributed by atoms with Crippen LogP contribution in [0.2, 0.25) is 10.0 Å². The van der Waals surface area contributed by atoms with E-state index in [1.165, 1.54) is 18.2 Å². The van der Waals surface area contributed by atoms with Gasteiger partial charge in [0.05, 0.1) is 10.6 Å². The third-order valence-corrected chi connectivity index (χ3v) is 5.11. The summed E-state index contributed by atoms with van der Waals surface area (Å²) in [7, 11) is 0. The summed E-state index contributed by atoms with van der Waals surface area (Å²) in [6.45, 7) is 3.93. The van der Waals surface area contributed by atoms with Gasteiger partial charge in [-0.2, -0.15) is 0 Å². The number of hydrogen-bond donors (Lipinski definition) is 3. The summed E-state index contributed by atoms with van der Waals surface area (Å²) < 4.78 is -1.89. The summed E-state index contributed by atoms with van der Waals surface area (Å²) in [6.07, 6.45) is -1.12. The third kappa shape index (κ3) is 6.55. The van der Waals surface area contributed by atoms with E-state index in [9.17, 15) is 4.79 Å². The topological polar surface area (TPSA) is 53.2 Å². The lowest BCUT2D eigenvalue weighted by atomic mass is 10.1. The molecule has 2 aromatic rings. The van der Waals surface area contributed by atoms with Crippen molar-refractivity contribution in [2.24, 2.45) is 0 Å². The maximum atomic E-state index is 12.5. The van der Waals surface area contributed by atoms with Gasteiger partial charge in [-0.05, 0) is 55.9 Å². The summed E-state index contributed by atoms with van der Waals surface area (Å²) >= 11 is 35.2. The van der Waals surface area contributed by atoms with Gasteiger partial charge in [0, 0.05) is 10.7 Å². The summed E-state index contributed by atoms with van der Waals surface area (Å²) in [5, 5.41) is 9.14. The van der Waals surface area contributed by atoms with Crippen molar-refractivity contribution in [3.05, 3.63) is 63.1 Å². The first kappa shape index (κ1) is 23.3. The van der Waals surface area contributed by atoms with Crippen molar-refractivity contribution >= 4 is 86.9 Å². The standard InChI is InChI=1S/C18H16Cl5N3OS/c1-9-3-6-14(10(2)7-9)24-17(28)26-16(18(21,22)23)25-15(27)12-5-4-11(19)8-13(12)20/h3-8,16H,1-2H3,(H,25,27)(H2,24,26,28). The molecule has 1 amide bonds. The van der Waals surface area contributed by atoms with E-state index >= 15 is 0 Å². The molecule has 0 aliphatic heterocycles. The SMILES string of the molecule is Cc1ccc(NC(=S)NC(NC(=O)c2ccc(Cl)cc2Cl)C(Cl)(Cl)Cl)c(C)c1. The Morgan fingerprint density at radius 1 is 1.04 bits per heavy atom. The molecule has 0 aromatic heterocycles. The monoisotopic (exact) mass is 497 g/mol. The molecule has 0 spiro atoms. The quantitative estimate of drug-likeness (QED) is 0.273. The van der Waals surface area contributed by atoms with Crippen molar-refractivity contribution in [3.8, 4) is 0 Å². The number of thiocarbonyl (C=S) groups is 1. The van der Waals surface area contributed by atoms with Crippen molar-refractivity contribution in [1.29, 1.82) is 0 Å². The predicted octanol–water partition coefficient (Wildman–Crippen LogP) is 6.02. The summed E-state index contributed by atoms with van der Waals surface area (Å²) in [6, 6.07) is 10.3. The molecule has 0 bridgehead atoms. The Balaban J connectivity index is 2.13. The molecular weight excluding hydrogens is 484 g/mol. The number of nitrogens with one attached hydrogen (secondary N) is 3. The lowest BCUT2D eigenvalue weighted by molar-refractivity contribution is 0.0934. The Hall–Kier alpha value is -0.950. The predicted molar refractivity (Wildman–Crippen MR) is 123 cm³/mol. The van der Waals surface area contributed by atoms with E-state index in [1.54, 1.807) is 0 Å². The Kier molecular flexibility index (Phi) is 8.08. The third-order valence-electron chi connectivity index (χ3n) is 3.68. The highest BCUT2D eigenvalue weighted by Crippen LogP contribution is 2.30. The van der Waals surface area contributed by atoms with Crippen molar-refractivity contribution in [2.45, 2.75) is 23.8 Å². The van der Waals surface area contributed by atoms with Gasteiger partial charge in [0.25, 0.3) is 5.91 Å². The lowest BCUT2D eigenvalue weighted by Gasteiger charge is -2.28. The number of hydrogen-bond acceptors (Lipinski definition) is 2. The van der Waals surface area contributed by atoms with Crippen LogP contribution in [0.25, 0.3) is 0 Å². The van der Waals surface area contributed by atoms with Crippen LogP contribution in [0.15, 0.2) is 36.4 Å². The normalized spacial score (nSPS) is 12.2. The molecule has 0 fully saturated rings. The molecule has 0 saturated heterocycles. The molecule has 0 saturated carbocycles. The lowest BCUT2D eigenvalue weighted by Crippen LogP contribution is -2.56. The molecule has 0 radical (unpaired) electrons. The average molecular weight is 500 g/mol. The van der Waals surface area contributed by atoms with Gasteiger partial charge in [-0.1, -0.05) is 75.7 Å². The van der Waals surface area contributed by atoms with Gasteiger partial charge in [-0.15, -0.1) is 0 Å². The van der Waals surface area contributed by atoms with E-state index in [-0.39, 0.29) is 15.7 Å². The second-order valence-corrected chi connectivity index (χ2v) is 9.61. The minimum absolute atomic E-state index is 0.170. The number of rotatable bonds is 4. The number of aryl methyl sites for hydroxylation is 2. The van der Waals surface area contributed by atoms with Crippen LogP contribution in [0.4, 0.5) is 5.69 Å².